The van der Waals surface area contributed by atoms with Crippen molar-refractivity contribution in [2.75, 3.05) is 5.32 Å². The summed E-state index contributed by atoms with van der Waals surface area (Å²) in [5.41, 5.74) is 2.43. The van der Waals surface area contributed by atoms with Gasteiger partial charge in [0.05, 0.1) is 4.90 Å². The third-order valence-electron chi connectivity index (χ3n) is 5.99. The van der Waals surface area contributed by atoms with Gasteiger partial charge in [-0.3, -0.25) is 9.59 Å². The summed E-state index contributed by atoms with van der Waals surface area (Å²) in [6, 6.07) is 13.0. The number of nitrogens with zero attached hydrogens (tertiary/aromatic N) is 1. The maximum atomic E-state index is 13.5. The van der Waals surface area contributed by atoms with Gasteiger partial charge in [-0.15, -0.1) is 0 Å². The van der Waals surface area contributed by atoms with Crippen molar-refractivity contribution < 1.29 is 18.0 Å². The molecule has 1 fully saturated rings. The van der Waals surface area contributed by atoms with Crippen molar-refractivity contribution in [2.45, 2.75) is 62.6 Å². The van der Waals surface area contributed by atoms with Crippen molar-refractivity contribution in [3.8, 4) is 0 Å². The number of carbonyl (C=O) groups is 2. The van der Waals surface area contributed by atoms with Crippen LogP contribution in [-0.4, -0.2) is 36.6 Å². The van der Waals surface area contributed by atoms with Crippen molar-refractivity contribution in [3.63, 3.8) is 0 Å². The number of fused-ring (bicyclic) bond motifs is 1. The molecular formula is C23H27N3O4S. The topological polar surface area (TPSA) is 95.6 Å². The lowest BCUT2D eigenvalue weighted by Gasteiger charge is -2.35. The van der Waals surface area contributed by atoms with E-state index in [4.69, 9.17) is 0 Å². The monoisotopic (exact) mass is 441 g/mol. The van der Waals surface area contributed by atoms with Gasteiger partial charge in [0.2, 0.25) is 21.8 Å². The summed E-state index contributed by atoms with van der Waals surface area (Å²) in [6.45, 7) is 1.54. The van der Waals surface area contributed by atoms with Crippen LogP contribution in [-0.2, 0) is 32.6 Å². The second-order valence-electron chi connectivity index (χ2n) is 8.23. The van der Waals surface area contributed by atoms with Crippen LogP contribution in [0.1, 0.15) is 43.7 Å². The molecule has 1 aliphatic carbocycles. The van der Waals surface area contributed by atoms with E-state index in [0.717, 1.165) is 36.8 Å². The molecule has 0 aromatic heterocycles. The fourth-order valence-corrected chi connectivity index (χ4v) is 5.96. The fraction of sp³-hybridized carbons (Fsp3) is 0.391. The molecule has 31 heavy (non-hydrogen) atoms. The number of hydrogen-bond acceptors (Lipinski definition) is 4. The third kappa shape index (κ3) is 4.65. The maximum Gasteiger partial charge on any atom is 0.244 e. The Balaban J connectivity index is 1.64. The van der Waals surface area contributed by atoms with Gasteiger partial charge in [0.25, 0.3) is 0 Å². The van der Waals surface area contributed by atoms with Gasteiger partial charge in [-0.25, -0.2) is 8.42 Å². The van der Waals surface area contributed by atoms with E-state index >= 15 is 0 Å². The van der Waals surface area contributed by atoms with Gasteiger partial charge in [-0.1, -0.05) is 37.1 Å². The van der Waals surface area contributed by atoms with Crippen molar-refractivity contribution in [1.29, 1.82) is 0 Å². The van der Waals surface area contributed by atoms with Gasteiger partial charge in [0.1, 0.15) is 6.04 Å². The van der Waals surface area contributed by atoms with E-state index in [2.05, 4.69) is 10.6 Å². The Labute approximate surface area is 182 Å². The molecule has 0 spiro atoms. The van der Waals surface area contributed by atoms with Crippen LogP contribution < -0.4 is 10.6 Å². The minimum absolute atomic E-state index is 0.0969. The number of anilines is 1. The van der Waals surface area contributed by atoms with Crippen molar-refractivity contribution in [3.05, 3.63) is 59.7 Å². The number of nitrogens with one attached hydrogen (secondary N) is 2. The van der Waals surface area contributed by atoms with Crippen molar-refractivity contribution >= 4 is 27.5 Å². The molecule has 7 nitrogen and oxygen atoms in total. The lowest BCUT2D eigenvalue weighted by atomic mass is 9.95. The van der Waals surface area contributed by atoms with E-state index in [1.165, 1.54) is 23.4 Å². The summed E-state index contributed by atoms with van der Waals surface area (Å²) in [4.78, 5) is 24.5. The Morgan fingerprint density at radius 2 is 1.61 bits per heavy atom. The molecule has 0 saturated heterocycles. The molecule has 0 unspecified atom stereocenters. The van der Waals surface area contributed by atoms with E-state index in [-0.39, 0.29) is 29.3 Å². The van der Waals surface area contributed by atoms with Crippen molar-refractivity contribution in [1.82, 2.24) is 9.62 Å². The van der Waals surface area contributed by atoms with Crippen LogP contribution in [0.5, 0.6) is 0 Å². The van der Waals surface area contributed by atoms with E-state index in [1.807, 2.05) is 24.3 Å². The summed E-state index contributed by atoms with van der Waals surface area (Å²) in [7, 11) is -3.92. The van der Waals surface area contributed by atoms with E-state index in [9.17, 15) is 18.0 Å². The van der Waals surface area contributed by atoms with Crippen LogP contribution in [0.25, 0.3) is 0 Å². The molecule has 2 aliphatic rings. The maximum absolute atomic E-state index is 13.5. The SMILES string of the molecule is CC(=O)Nc1ccc(S(=O)(=O)N2Cc3ccccc3C[C@H]2C(=O)NC2CCCC2)cc1. The zero-order valence-electron chi connectivity index (χ0n) is 17.5. The minimum Gasteiger partial charge on any atom is -0.352 e. The quantitative estimate of drug-likeness (QED) is 0.746. The molecule has 4 rings (SSSR count). The first kappa shape index (κ1) is 21.5. The molecule has 1 heterocycles. The molecule has 1 aliphatic heterocycles. The normalized spacial score (nSPS) is 19.6. The lowest BCUT2D eigenvalue weighted by molar-refractivity contribution is -0.126. The third-order valence-corrected chi connectivity index (χ3v) is 7.86. The average molecular weight is 442 g/mol. The second-order valence-corrected chi connectivity index (χ2v) is 10.1. The molecule has 0 radical (unpaired) electrons. The zero-order valence-corrected chi connectivity index (χ0v) is 18.3. The highest BCUT2D eigenvalue weighted by molar-refractivity contribution is 7.89. The van der Waals surface area contributed by atoms with Crippen LogP contribution >= 0.6 is 0 Å². The molecule has 8 heteroatoms. The van der Waals surface area contributed by atoms with Gasteiger partial charge < -0.3 is 10.6 Å². The summed E-state index contributed by atoms with van der Waals surface area (Å²) in [5.74, 6) is -0.466. The van der Waals surface area contributed by atoms with Gasteiger partial charge in [0.15, 0.2) is 0 Å². The number of carbonyl (C=O) groups excluding carboxylic acids is 2. The Kier molecular flexibility index (Phi) is 6.11. The largest absolute Gasteiger partial charge is 0.352 e. The Bertz CT molecular complexity index is 1080. The van der Waals surface area contributed by atoms with E-state index in [0.29, 0.717) is 12.1 Å². The Morgan fingerprint density at radius 1 is 0.968 bits per heavy atom. The number of amides is 2. The summed E-state index contributed by atoms with van der Waals surface area (Å²) in [6.07, 6.45) is 4.39. The standard InChI is InChI=1S/C23H27N3O4S/c1-16(27)24-20-10-12-21(13-11-20)31(29,30)26-15-18-7-3-2-6-17(18)14-22(26)23(28)25-19-8-4-5-9-19/h2-3,6-7,10-13,19,22H,4-5,8-9,14-15H2,1H3,(H,24,27)(H,25,28)/t22-/m0/s1. The first-order valence-electron chi connectivity index (χ1n) is 10.6. The molecule has 1 atom stereocenters. The Morgan fingerprint density at radius 3 is 2.26 bits per heavy atom. The van der Waals surface area contributed by atoms with Gasteiger partial charge in [0, 0.05) is 25.2 Å². The highest BCUT2D eigenvalue weighted by Gasteiger charge is 2.40. The molecule has 2 aromatic rings. The molecule has 1 saturated carbocycles. The van der Waals surface area contributed by atoms with Crippen LogP contribution in [0.4, 0.5) is 5.69 Å². The molecule has 2 aromatic carbocycles. The van der Waals surface area contributed by atoms with Gasteiger partial charge >= 0.3 is 0 Å². The number of hydrogen-bond donors (Lipinski definition) is 2. The van der Waals surface area contributed by atoms with E-state index < -0.39 is 16.1 Å². The average Bonchev–Trinajstić information content (AvgIpc) is 3.25. The van der Waals surface area contributed by atoms with Crippen LogP contribution in [0, 0.1) is 0 Å². The highest BCUT2D eigenvalue weighted by atomic mass is 32.2. The molecule has 0 bridgehead atoms. The molecule has 2 amide bonds. The predicted molar refractivity (Wildman–Crippen MR) is 118 cm³/mol. The summed E-state index contributed by atoms with van der Waals surface area (Å²) >= 11 is 0. The summed E-state index contributed by atoms with van der Waals surface area (Å²) < 4.78 is 28.4. The van der Waals surface area contributed by atoms with Crippen LogP contribution in [0.15, 0.2) is 53.4 Å². The molecular weight excluding hydrogens is 414 g/mol. The predicted octanol–water partition coefficient (Wildman–Crippen LogP) is 2.82. The first-order valence-corrected chi connectivity index (χ1v) is 12.1. The van der Waals surface area contributed by atoms with Crippen LogP contribution in [0.2, 0.25) is 0 Å². The number of sulfonamides is 1. The molecule has 2 N–H and O–H groups in total. The lowest BCUT2D eigenvalue weighted by Crippen LogP contribution is -2.53. The Hall–Kier alpha value is -2.71. The second kappa shape index (κ2) is 8.80. The smallest absolute Gasteiger partial charge is 0.244 e. The highest BCUT2D eigenvalue weighted by Crippen LogP contribution is 2.30. The van der Waals surface area contributed by atoms with E-state index in [1.54, 1.807) is 12.1 Å². The fourth-order valence-electron chi connectivity index (χ4n) is 4.39. The minimum atomic E-state index is -3.92. The zero-order chi connectivity index (χ0) is 22.0. The first-order chi connectivity index (χ1) is 14.8. The number of rotatable bonds is 5. The van der Waals surface area contributed by atoms with Gasteiger partial charge in [-0.05, 0) is 54.7 Å². The van der Waals surface area contributed by atoms with Crippen molar-refractivity contribution in [2.24, 2.45) is 0 Å². The summed E-state index contributed by atoms with van der Waals surface area (Å²) in [5, 5.41) is 5.70. The molecule has 164 valence electrons. The van der Waals surface area contributed by atoms with Gasteiger partial charge in [-0.2, -0.15) is 4.31 Å². The number of benzene rings is 2. The van der Waals surface area contributed by atoms with Crippen LogP contribution in [0.3, 0.4) is 0 Å².